The van der Waals surface area contributed by atoms with Crippen LogP contribution >= 0.6 is 11.3 Å². The summed E-state index contributed by atoms with van der Waals surface area (Å²) in [6.45, 7) is 1.10. The summed E-state index contributed by atoms with van der Waals surface area (Å²) >= 11 is 1.20. The van der Waals surface area contributed by atoms with Crippen LogP contribution in [0.1, 0.15) is 105 Å². The highest BCUT2D eigenvalue weighted by Crippen LogP contribution is 2.35. The van der Waals surface area contributed by atoms with Gasteiger partial charge >= 0.3 is 0 Å². The van der Waals surface area contributed by atoms with E-state index in [-0.39, 0.29) is 58.9 Å². The van der Waals surface area contributed by atoms with Crippen molar-refractivity contribution in [2.75, 3.05) is 29.9 Å². The second-order valence-electron chi connectivity index (χ2n) is 15.3. The molecule has 0 spiro atoms. The van der Waals surface area contributed by atoms with E-state index in [4.69, 9.17) is 0 Å². The average molecular weight is 843 g/mol. The van der Waals surface area contributed by atoms with E-state index in [1.807, 2.05) is 6.07 Å². The number of carbonyl (C=O) groups is 6. The van der Waals surface area contributed by atoms with E-state index in [1.165, 1.54) is 15.9 Å². The molecule has 15 nitrogen and oxygen atoms in total. The lowest BCUT2D eigenvalue weighted by atomic mass is 10.0. The molecule has 2 saturated heterocycles. The lowest BCUT2D eigenvalue weighted by molar-refractivity contribution is -0.136. The number of hydrogen-bond donors (Lipinski definition) is 4. The molecule has 5 heterocycles. The van der Waals surface area contributed by atoms with Gasteiger partial charge in [0.25, 0.3) is 29.2 Å². The maximum Gasteiger partial charge on any atom is 0.264 e. The molecule has 0 bridgehead atoms. The topological polar surface area (TPSA) is 210 Å². The zero-order valence-electron chi connectivity index (χ0n) is 32.6. The maximum absolute atomic E-state index is 13.3. The zero-order valence-corrected chi connectivity index (χ0v) is 34.3. The third kappa shape index (κ3) is 9.15. The summed E-state index contributed by atoms with van der Waals surface area (Å²) in [7, 11) is -1.43. The Balaban J connectivity index is 0.850. The van der Waals surface area contributed by atoms with E-state index in [0.29, 0.717) is 57.7 Å². The summed E-state index contributed by atoms with van der Waals surface area (Å²) in [6, 6.07) is 12.5. The predicted molar refractivity (Wildman–Crippen MR) is 223 cm³/mol. The number of nitrogens with zero attached hydrogens (tertiary/aromatic N) is 2. The number of benzene rings is 2. The van der Waals surface area contributed by atoms with Gasteiger partial charge in [0.15, 0.2) is 0 Å². The van der Waals surface area contributed by atoms with Crippen molar-refractivity contribution in [3.63, 3.8) is 0 Å². The monoisotopic (exact) mass is 842 g/mol. The molecule has 4 aromatic rings. The van der Waals surface area contributed by atoms with Crippen molar-refractivity contribution in [1.82, 2.24) is 25.4 Å². The number of piperidine rings is 1. The highest BCUT2D eigenvalue weighted by molar-refractivity contribution is 7.91. The minimum atomic E-state index is -3.07. The molecule has 2 aromatic carbocycles. The SMILES string of the molecule is Cn1cc(-c2cccc(C(=O)NCCCCCCCCNc3cccc4c3C(=O)N(C3CCC(=O)NC3=O)C4=O)c2)c2sc(C(=O)NC3CCS(=O)(=O)CC3)cc2c1=O. The number of unbranched alkanes of at least 4 members (excludes halogenated alkanes) is 5. The number of nitrogens with one attached hydrogen (secondary N) is 4. The van der Waals surface area contributed by atoms with E-state index in [2.05, 4.69) is 21.3 Å². The van der Waals surface area contributed by atoms with Crippen molar-refractivity contribution in [3.8, 4) is 11.1 Å². The van der Waals surface area contributed by atoms with Crippen LogP contribution < -0.4 is 26.8 Å². The van der Waals surface area contributed by atoms with Crippen LogP contribution in [0.2, 0.25) is 0 Å². The summed E-state index contributed by atoms with van der Waals surface area (Å²) in [6.07, 6.45) is 8.05. The van der Waals surface area contributed by atoms with Crippen molar-refractivity contribution in [2.45, 2.75) is 76.3 Å². The molecule has 3 aliphatic heterocycles. The number of aromatic nitrogens is 1. The Morgan fingerprint density at radius 2 is 1.54 bits per heavy atom. The number of hydrogen-bond acceptors (Lipinski definition) is 11. The summed E-state index contributed by atoms with van der Waals surface area (Å²) in [5.74, 6) is -2.62. The third-order valence-electron chi connectivity index (χ3n) is 11.1. The number of imide groups is 2. The fourth-order valence-electron chi connectivity index (χ4n) is 7.83. The lowest BCUT2D eigenvalue weighted by Gasteiger charge is -2.27. The van der Waals surface area contributed by atoms with Gasteiger partial charge in [0.1, 0.15) is 15.9 Å². The van der Waals surface area contributed by atoms with E-state index < -0.39 is 39.5 Å². The van der Waals surface area contributed by atoms with Gasteiger partial charge in [0.05, 0.1) is 32.9 Å². The average Bonchev–Trinajstić information content (AvgIpc) is 3.77. The fraction of sp³-hybridized carbons (Fsp3) is 0.405. The zero-order chi connectivity index (χ0) is 41.8. The van der Waals surface area contributed by atoms with Crippen LogP contribution in [0.25, 0.3) is 21.2 Å². The summed E-state index contributed by atoms with van der Waals surface area (Å²) in [5.41, 5.74) is 2.69. The minimum absolute atomic E-state index is 0.0350. The van der Waals surface area contributed by atoms with Crippen LogP contribution in [-0.2, 0) is 26.5 Å². The molecule has 6 amide bonds. The largest absolute Gasteiger partial charge is 0.384 e. The van der Waals surface area contributed by atoms with Gasteiger partial charge in [-0.2, -0.15) is 0 Å². The highest BCUT2D eigenvalue weighted by Gasteiger charge is 2.45. The second kappa shape index (κ2) is 17.7. The van der Waals surface area contributed by atoms with Gasteiger partial charge in [-0.15, -0.1) is 11.3 Å². The van der Waals surface area contributed by atoms with Crippen LogP contribution in [0.5, 0.6) is 0 Å². The molecule has 0 radical (unpaired) electrons. The number of fused-ring (bicyclic) bond motifs is 2. The molecule has 2 aromatic heterocycles. The lowest BCUT2D eigenvalue weighted by Crippen LogP contribution is -2.54. The molecule has 2 fully saturated rings. The Bertz CT molecular complexity index is 2510. The van der Waals surface area contributed by atoms with Crippen molar-refractivity contribution < 1.29 is 37.2 Å². The first-order chi connectivity index (χ1) is 28.3. The van der Waals surface area contributed by atoms with Crippen molar-refractivity contribution in [1.29, 1.82) is 0 Å². The maximum atomic E-state index is 13.3. The number of sulfone groups is 1. The molecule has 310 valence electrons. The minimum Gasteiger partial charge on any atom is -0.384 e. The molecule has 17 heteroatoms. The number of anilines is 1. The Labute approximate surface area is 344 Å². The van der Waals surface area contributed by atoms with Crippen molar-refractivity contribution in [2.24, 2.45) is 7.05 Å². The fourth-order valence-corrected chi connectivity index (χ4v) is 10.4. The van der Waals surface area contributed by atoms with Crippen molar-refractivity contribution in [3.05, 3.63) is 86.6 Å². The number of pyridine rings is 1. The summed E-state index contributed by atoms with van der Waals surface area (Å²) < 4.78 is 25.7. The van der Waals surface area contributed by atoms with E-state index in [9.17, 15) is 42.0 Å². The quantitative estimate of drug-likeness (QED) is 0.0993. The molecule has 1 unspecified atom stereocenters. The third-order valence-corrected chi connectivity index (χ3v) is 14.0. The molecular formula is C42H46N6O9S2. The van der Waals surface area contributed by atoms with Crippen LogP contribution in [0.4, 0.5) is 5.69 Å². The molecule has 1 atom stereocenters. The van der Waals surface area contributed by atoms with Gasteiger partial charge in [0, 0.05) is 60.3 Å². The summed E-state index contributed by atoms with van der Waals surface area (Å²) in [4.78, 5) is 91.1. The Morgan fingerprint density at radius 1 is 0.831 bits per heavy atom. The smallest absolute Gasteiger partial charge is 0.264 e. The standard InChI is InChI=1S/C42H46N6O9S2/c1-47-24-30(36-29(40(47)53)23-33(58-36)39(52)45-27-16-20-59(56,57)21-17-27)25-10-8-11-26(22-25)37(50)44-19-7-5-3-2-4-6-18-43-31-13-9-12-28-35(31)42(55)48(41(28)54)32-14-15-34(49)46-38(32)51/h8-13,22-24,27,32,43H,2-7,14-21H2,1H3,(H,44,50)(H,45,52)(H,46,49,51). The molecular weight excluding hydrogens is 797 g/mol. The van der Waals surface area contributed by atoms with Crippen LogP contribution in [0.15, 0.2) is 59.5 Å². The first-order valence-corrected chi connectivity index (χ1v) is 22.6. The Morgan fingerprint density at radius 3 is 2.29 bits per heavy atom. The van der Waals surface area contributed by atoms with E-state index in [1.54, 1.807) is 55.7 Å². The number of aryl methyl sites for hydroxylation is 1. The molecule has 0 aliphatic carbocycles. The second-order valence-corrected chi connectivity index (χ2v) is 18.6. The number of carbonyl (C=O) groups excluding carboxylic acids is 6. The van der Waals surface area contributed by atoms with E-state index >= 15 is 0 Å². The Hall–Kier alpha value is -5.68. The number of amides is 6. The van der Waals surface area contributed by atoms with E-state index in [0.717, 1.165) is 49.0 Å². The van der Waals surface area contributed by atoms with Gasteiger partial charge in [-0.05, 0) is 68.0 Å². The van der Waals surface area contributed by atoms with Gasteiger partial charge in [0.2, 0.25) is 11.8 Å². The number of rotatable bonds is 15. The predicted octanol–water partition coefficient (Wildman–Crippen LogP) is 4.16. The van der Waals surface area contributed by atoms with Crippen LogP contribution in [0.3, 0.4) is 0 Å². The molecule has 4 N–H and O–H groups in total. The summed E-state index contributed by atoms with van der Waals surface area (Å²) in [5, 5.41) is 11.8. The molecule has 0 saturated carbocycles. The number of thiophene rings is 1. The van der Waals surface area contributed by atoms with Gasteiger partial charge in [-0.3, -0.25) is 43.8 Å². The highest BCUT2D eigenvalue weighted by atomic mass is 32.2. The first kappa shape index (κ1) is 41.5. The molecule has 7 rings (SSSR count). The Kier molecular flexibility index (Phi) is 12.4. The van der Waals surface area contributed by atoms with Crippen LogP contribution in [0, 0.1) is 0 Å². The first-order valence-electron chi connectivity index (χ1n) is 19.9. The van der Waals surface area contributed by atoms with Gasteiger partial charge < -0.3 is 20.5 Å². The molecule has 3 aliphatic rings. The van der Waals surface area contributed by atoms with Crippen LogP contribution in [-0.4, -0.2) is 90.0 Å². The normalized spacial score (nSPS) is 17.8. The molecule has 59 heavy (non-hydrogen) atoms. The van der Waals surface area contributed by atoms with Gasteiger partial charge in [-0.25, -0.2) is 8.42 Å². The van der Waals surface area contributed by atoms with Crippen molar-refractivity contribution >= 4 is 72.4 Å². The van der Waals surface area contributed by atoms with Gasteiger partial charge in [-0.1, -0.05) is 43.9 Å².